The third-order valence-electron chi connectivity index (χ3n) is 5.13. The van der Waals surface area contributed by atoms with E-state index in [0.29, 0.717) is 40.4 Å². The molecule has 4 aromatic rings. The van der Waals surface area contributed by atoms with E-state index >= 15 is 0 Å². The molecule has 0 fully saturated rings. The van der Waals surface area contributed by atoms with Crippen LogP contribution in [0.2, 0.25) is 0 Å². The Morgan fingerprint density at radius 2 is 2.07 bits per heavy atom. The van der Waals surface area contributed by atoms with Crippen molar-refractivity contribution in [3.63, 3.8) is 0 Å². The van der Waals surface area contributed by atoms with Gasteiger partial charge < -0.3 is 0 Å². The molecule has 10 heteroatoms. The van der Waals surface area contributed by atoms with Gasteiger partial charge in [0, 0.05) is 37.6 Å². The summed E-state index contributed by atoms with van der Waals surface area (Å²) in [6, 6.07) is 5.16. The highest BCUT2D eigenvalue weighted by molar-refractivity contribution is 6.05. The zero-order valence-corrected chi connectivity index (χ0v) is 15.8. The van der Waals surface area contributed by atoms with E-state index in [1.54, 1.807) is 47.0 Å². The van der Waals surface area contributed by atoms with Gasteiger partial charge in [0.25, 0.3) is 5.56 Å². The second kappa shape index (κ2) is 6.41. The fourth-order valence-electron chi connectivity index (χ4n) is 3.65. The van der Waals surface area contributed by atoms with Crippen molar-refractivity contribution in [3.05, 3.63) is 81.7 Å². The van der Waals surface area contributed by atoms with Gasteiger partial charge in [-0.05, 0) is 17.7 Å². The fourth-order valence-corrected chi connectivity index (χ4v) is 3.65. The molecule has 0 radical (unpaired) electrons. The van der Waals surface area contributed by atoms with Crippen molar-refractivity contribution in [1.82, 2.24) is 23.7 Å². The summed E-state index contributed by atoms with van der Waals surface area (Å²) in [4.78, 5) is 21.4. The molecule has 5 rings (SSSR count). The maximum absolute atomic E-state index is 12.9. The van der Waals surface area contributed by atoms with Gasteiger partial charge in [0.1, 0.15) is 5.82 Å². The Bertz CT molecular complexity index is 1380. The van der Waals surface area contributed by atoms with Crippen molar-refractivity contribution in [2.45, 2.75) is 19.1 Å². The Hall–Kier alpha value is -3.69. The minimum absolute atomic E-state index is 0.154. The summed E-state index contributed by atoms with van der Waals surface area (Å²) in [6.45, 7) is 0.192. The molecule has 1 aliphatic heterocycles. The molecule has 4 heterocycles. The minimum atomic E-state index is -4.39. The molecule has 0 spiro atoms. The lowest BCUT2D eigenvalue weighted by atomic mass is 10.1. The second-order valence-corrected chi connectivity index (χ2v) is 7.12. The largest absolute Gasteiger partial charge is 0.416 e. The third kappa shape index (κ3) is 2.92. The van der Waals surface area contributed by atoms with E-state index in [4.69, 9.17) is 0 Å². The number of hydrogen-bond donors (Lipinski definition) is 0. The molecule has 0 amide bonds. The molecule has 0 aliphatic carbocycles. The van der Waals surface area contributed by atoms with Crippen LogP contribution in [0.3, 0.4) is 0 Å². The maximum Gasteiger partial charge on any atom is 0.416 e. The number of nitrogens with zero attached hydrogens (tertiary/aromatic N) is 6. The number of aromatic nitrogens is 5. The number of alkyl halides is 3. The van der Waals surface area contributed by atoms with Crippen LogP contribution in [0.25, 0.3) is 5.78 Å². The van der Waals surface area contributed by atoms with Crippen LogP contribution in [0, 0.1) is 0 Å². The van der Waals surface area contributed by atoms with Gasteiger partial charge in [0.05, 0.1) is 29.6 Å². The first-order valence-electron chi connectivity index (χ1n) is 9.13. The van der Waals surface area contributed by atoms with Crippen LogP contribution in [0.15, 0.2) is 58.8 Å². The topological polar surface area (TPSA) is 69.5 Å². The molecule has 0 atom stereocenters. The van der Waals surface area contributed by atoms with Crippen LogP contribution in [0.5, 0.6) is 0 Å². The molecule has 0 bridgehead atoms. The standard InChI is InChI=1S/C20H15F3N6O/c1-27-18(30)15-8-16(26-17(15)29-6-5-24-19(27)29)13-9-25-28(11-13)10-12-3-2-4-14(7-12)20(21,22)23/h2-7,9,11H,8,10H2,1H3. The Morgan fingerprint density at radius 1 is 1.23 bits per heavy atom. The van der Waals surface area contributed by atoms with Crippen LogP contribution < -0.4 is 5.56 Å². The SMILES string of the molecule is Cn1c(=O)c2c(n3ccnc13)N=C(c1cnn(Cc3cccc(C(F)(F)F)c3)c1)C2. The van der Waals surface area contributed by atoms with E-state index in [-0.39, 0.29) is 12.1 Å². The lowest BCUT2D eigenvalue weighted by molar-refractivity contribution is -0.137. The molecule has 1 aromatic carbocycles. The summed E-state index contributed by atoms with van der Waals surface area (Å²) < 4.78 is 43.6. The smallest absolute Gasteiger partial charge is 0.281 e. The van der Waals surface area contributed by atoms with Gasteiger partial charge in [-0.15, -0.1) is 0 Å². The number of benzene rings is 1. The monoisotopic (exact) mass is 412 g/mol. The van der Waals surface area contributed by atoms with Crippen molar-refractivity contribution in [1.29, 1.82) is 0 Å². The first kappa shape index (κ1) is 18.3. The molecule has 7 nitrogen and oxygen atoms in total. The molecule has 3 aromatic heterocycles. The van der Waals surface area contributed by atoms with Gasteiger partial charge in [-0.2, -0.15) is 18.3 Å². The Morgan fingerprint density at radius 3 is 2.87 bits per heavy atom. The molecule has 30 heavy (non-hydrogen) atoms. The summed E-state index contributed by atoms with van der Waals surface area (Å²) in [7, 11) is 1.66. The molecular weight excluding hydrogens is 397 g/mol. The Kier molecular flexibility index (Phi) is 3.92. The number of rotatable bonds is 3. The van der Waals surface area contributed by atoms with Gasteiger partial charge in [-0.25, -0.2) is 9.98 Å². The van der Waals surface area contributed by atoms with Crippen molar-refractivity contribution in [2.75, 3.05) is 0 Å². The normalized spacial score (nSPS) is 13.7. The Balaban J connectivity index is 1.45. The molecular formula is C20H15F3N6O. The van der Waals surface area contributed by atoms with Gasteiger partial charge in [0.2, 0.25) is 5.78 Å². The van der Waals surface area contributed by atoms with E-state index in [1.807, 2.05) is 0 Å². The number of imidazole rings is 1. The Labute approximate surface area is 167 Å². The number of fused-ring (bicyclic) bond motifs is 3. The highest BCUT2D eigenvalue weighted by Gasteiger charge is 2.30. The van der Waals surface area contributed by atoms with Gasteiger partial charge in [0.15, 0.2) is 0 Å². The zero-order valence-electron chi connectivity index (χ0n) is 15.8. The van der Waals surface area contributed by atoms with Gasteiger partial charge in [-0.3, -0.25) is 18.4 Å². The van der Waals surface area contributed by atoms with Gasteiger partial charge >= 0.3 is 6.18 Å². The molecule has 0 unspecified atom stereocenters. The van der Waals surface area contributed by atoms with E-state index in [1.165, 1.54) is 10.6 Å². The fraction of sp³-hybridized carbons (Fsp3) is 0.200. The van der Waals surface area contributed by atoms with E-state index in [9.17, 15) is 18.0 Å². The van der Waals surface area contributed by atoms with Crippen molar-refractivity contribution in [2.24, 2.45) is 12.0 Å². The third-order valence-corrected chi connectivity index (χ3v) is 5.13. The van der Waals surface area contributed by atoms with Crippen molar-refractivity contribution in [3.8, 4) is 0 Å². The number of hydrogen-bond acceptors (Lipinski definition) is 4. The number of halogens is 3. The van der Waals surface area contributed by atoms with Crippen LogP contribution in [-0.2, 0) is 26.2 Å². The zero-order chi connectivity index (χ0) is 21.0. The quantitative estimate of drug-likeness (QED) is 0.520. The van der Waals surface area contributed by atoms with Crippen molar-refractivity contribution < 1.29 is 13.2 Å². The predicted octanol–water partition coefficient (Wildman–Crippen LogP) is 2.97. The van der Waals surface area contributed by atoms with Crippen LogP contribution in [-0.4, -0.2) is 29.4 Å². The molecule has 0 saturated heterocycles. The molecule has 0 saturated carbocycles. The summed E-state index contributed by atoms with van der Waals surface area (Å²) in [5, 5.41) is 4.26. The summed E-state index contributed by atoms with van der Waals surface area (Å²) in [5.41, 5.74) is 1.61. The highest BCUT2D eigenvalue weighted by Crippen LogP contribution is 2.30. The first-order valence-corrected chi connectivity index (χ1v) is 9.13. The van der Waals surface area contributed by atoms with E-state index in [0.717, 1.165) is 12.1 Å². The number of aliphatic imine (C=N–C) groups is 1. The number of aryl methyl sites for hydroxylation is 1. The van der Waals surface area contributed by atoms with Crippen LogP contribution in [0.1, 0.15) is 22.3 Å². The van der Waals surface area contributed by atoms with E-state index in [2.05, 4.69) is 15.1 Å². The average molecular weight is 412 g/mol. The van der Waals surface area contributed by atoms with Gasteiger partial charge in [-0.1, -0.05) is 12.1 Å². The molecule has 1 aliphatic rings. The second-order valence-electron chi connectivity index (χ2n) is 7.12. The lowest BCUT2D eigenvalue weighted by Crippen LogP contribution is -2.23. The minimum Gasteiger partial charge on any atom is -0.281 e. The van der Waals surface area contributed by atoms with Crippen LogP contribution in [0.4, 0.5) is 19.0 Å². The maximum atomic E-state index is 12.9. The van der Waals surface area contributed by atoms with Crippen molar-refractivity contribution >= 4 is 17.3 Å². The summed E-state index contributed by atoms with van der Waals surface area (Å²) in [5.74, 6) is 1.05. The van der Waals surface area contributed by atoms with E-state index < -0.39 is 11.7 Å². The molecule has 152 valence electrons. The summed E-state index contributed by atoms with van der Waals surface area (Å²) in [6.07, 6.45) is 2.65. The van der Waals surface area contributed by atoms with Crippen LogP contribution >= 0.6 is 0 Å². The first-order chi connectivity index (χ1) is 14.3. The predicted molar refractivity (Wildman–Crippen MR) is 103 cm³/mol. The average Bonchev–Trinajstić information content (AvgIpc) is 3.44. The molecule has 0 N–H and O–H groups in total. The summed E-state index contributed by atoms with van der Waals surface area (Å²) >= 11 is 0. The lowest BCUT2D eigenvalue weighted by Gasteiger charge is -2.08. The highest BCUT2D eigenvalue weighted by atomic mass is 19.4.